The van der Waals surface area contributed by atoms with Gasteiger partial charge in [-0.2, -0.15) is 5.10 Å². The Morgan fingerprint density at radius 1 is 1.00 bits per heavy atom. The summed E-state index contributed by atoms with van der Waals surface area (Å²) in [6.45, 7) is 2.44. The summed E-state index contributed by atoms with van der Waals surface area (Å²) in [5.41, 5.74) is 3.47. The largest absolute Gasteiger partial charge is 0.348 e. The van der Waals surface area contributed by atoms with Gasteiger partial charge in [0.05, 0.1) is 11.3 Å². The molecule has 0 aliphatic rings. The van der Waals surface area contributed by atoms with Crippen LogP contribution in [-0.2, 0) is 13.6 Å². The molecule has 0 aliphatic carbocycles. The van der Waals surface area contributed by atoms with E-state index in [0.717, 1.165) is 5.56 Å². The molecule has 1 heterocycles. The monoisotopic (exact) mass is 348 g/mol. The van der Waals surface area contributed by atoms with Gasteiger partial charge < -0.3 is 10.6 Å². The van der Waals surface area contributed by atoms with Crippen molar-refractivity contribution in [3.63, 3.8) is 0 Å². The molecule has 0 aliphatic heterocycles. The van der Waals surface area contributed by atoms with Gasteiger partial charge in [0.15, 0.2) is 0 Å². The number of aryl methyl sites for hydroxylation is 2. The number of benzene rings is 2. The van der Waals surface area contributed by atoms with Gasteiger partial charge in [-0.1, -0.05) is 42.0 Å². The van der Waals surface area contributed by atoms with Crippen molar-refractivity contribution in [3.8, 4) is 0 Å². The van der Waals surface area contributed by atoms with E-state index in [0.29, 0.717) is 23.5 Å². The summed E-state index contributed by atoms with van der Waals surface area (Å²) in [5, 5.41) is 9.65. The highest BCUT2D eigenvalue weighted by Gasteiger charge is 2.15. The van der Waals surface area contributed by atoms with E-state index in [4.69, 9.17) is 0 Å². The highest BCUT2D eigenvalue weighted by atomic mass is 16.2. The van der Waals surface area contributed by atoms with Crippen molar-refractivity contribution in [1.29, 1.82) is 0 Å². The molecule has 0 atom stereocenters. The van der Waals surface area contributed by atoms with Gasteiger partial charge in [0.2, 0.25) is 0 Å². The van der Waals surface area contributed by atoms with Crippen LogP contribution in [0.25, 0.3) is 0 Å². The number of nitrogens with zero attached hydrogens (tertiary/aromatic N) is 2. The molecule has 0 saturated heterocycles. The van der Waals surface area contributed by atoms with E-state index < -0.39 is 0 Å². The van der Waals surface area contributed by atoms with Gasteiger partial charge in [-0.3, -0.25) is 14.3 Å². The fraction of sp³-hybridized carbons (Fsp3) is 0.150. The minimum atomic E-state index is -0.316. The van der Waals surface area contributed by atoms with E-state index in [-0.39, 0.29) is 11.8 Å². The Morgan fingerprint density at radius 3 is 2.42 bits per heavy atom. The lowest BCUT2D eigenvalue weighted by Gasteiger charge is -2.12. The fourth-order valence-corrected chi connectivity index (χ4v) is 2.56. The van der Waals surface area contributed by atoms with E-state index >= 15 is 0 Å². The van der Waals surface area contributed by atoms with Gasteiger partial charge in [-0.15, -0.1) is 0 Å². The summed E-state index contributed by atoms with van der Waals surface area (Å²) >= 11 is 0. The molecule has 3 rings (SSSR count). The van der Waals surface area contributed by atoms with Crippen molar-refractivity contribution in [2.24, 2.45) is 7.05 Å². The van der Waals surface area contributed by atoms with Crippen LogP contribution in [0.3, 0.4) is 0 Å². The summed E-state index contributed by atoms with van der Waals surface area (Å²) in [5.74, 6) is -0.560. The minimum absolute atomic E-state index is 0.244. The number of carbonyl (C=O) groups excluding carboxylic acids is 2. The number of rotatable bonds is 5. The topological polar surface area (TPSA) is 76.0 Å². The molecular weight excluding hydrogens is 328 g/mol. The molecule has 2 N–H and O–H groups in total. The van der Waals surface area contributed by atoms with Crippen molar-refractivity contribution in [1.82, 2.24) is 15.1 Å². The number of nitrogens with one attached hydrogen (secondary N) is 2. The van der Waals surface area contributed by atoms with E-state index in [9.17, 15) is 9.59 Å². The second-order valence-corrected chi connectivity index (χ2v) is 6.01. The predicted molar refractivity (Wildman–Crippen MR) is 100.0 cm³/mol. The Bertz CT molecular complexity index is 929. The standard InChI is InChI=1S/C20H20N4O2/c1-14-7-9-15(10-8-14)13-21-19(25)16-5-3-4-6-17(16)23-20(26)18-11-12-22-24(18)2/h3-12H,13H2,1-2H3,(H,21,25)(H,23,26). The minimum Gasteiger partial charge on any atom is -0.348 e. The van der Waals surface area contributed by atoms with Crippen molar-refractivity contribution in [2.45, 2.75) is 13.5 Å². The van der Waals surface area contributed by atoms with Crippen LogP contribution in [0.2, 0.25) is 0 Å². The van der Waals surface area contributed by atoms with Crippen LogP contribution in [-0.4, -0.2) is 21.6 Å². The molecule has 0 radical (unpaired) electrons. The highest BCUT2D eigenvalue weighted by Crippen LogP contribution is 2.16. The Balaban J connectivity index is 1.71. The highest BCUT2D eigenvalue weighted by molar-refractivity contribution is 6.08. The van der Waals surface area contributed by atoms with Gasteiger partial charge >= 0.3 is 0 Å². The molecule has 0 unspecified atom stereocenters. The zero-order valence-electron chi connectivity index (χ0n) is 14.7. The van der Waals surface area contributed by atoms with Crippen molar-refractivity contribution >= 4 is 17.5 Å². The lowest BCUT2D eigenvalue weighted by molar-refractivity contribution is 0.0952. The number of amides is 2. The predicted octanol–water partition coefficient (Wildman–Crippen LogP) is 2.91. The first-order chi connectivity index (χ1) is 12.5. The number of para-hydroxylation sites is 1. The zero-order chi connectivity index (χ0) is 18.5. The van der Waals surface area contributed by atoms with Crippen LogP contribution in [0.5, 0.6) is 0 Å². The molecule has 1 aromatic heterocycles. The maximum atomic E-state index is 12.6. The maximum Gasteiger partial charge on any atom is 0.273 e. The molecule has 132 valence electrons. The molecule has 0 bridgehead atoms. The lowest BCUT2D eigenvalue weighted by atomic mass is 10.1. The van der Waals surface area contributed by atoms with Gasteiger partial charge in [-0.25, -0.2) is 0 Å². The van der Waals surface area contributed by atoms with E-state index in [2.05, 4.69) is 15.7 Å². The zero-order valence-corrected chi connectivity index (χ0v) is 14.7. The molecule has 6 nitrogen and oxygen atoms in total. The van der Waals surface area contributed by atoms with Crippen LogP contribution in [0.4, 0.5) is 5.69 Å². The number of hydrogen-bond acceptors (Lipinski definition) is 3. The van der Waals surface area contributed by atoms with Gasteiger partial charge in [0.1, 0.15) is 5.69 Å². The Labute approximate surface area is 151 Å². The first-order valence-electron chi connectivity index (χ1n) is 8.27. The molecule has 2 amide bonds. The second kappa shape index (κ2) is 7.65. The average Bonchev–Trinajstić information content (AvgIpc) is 3.07. The molecule has 0 spiro atoms. The SMILES string of the molecule is Cc1ccc(CNC(=O)c2ccccc2NC(=O)c2ccnn2C)cc1. The molecule has 26 heavy (non-hydrogen) atoms. The quantitative estimate of drug-likeness (QED) is 0.744. The molecule has 3 aromatic rings. The Morgan fingerprint density at radius 2 is 1.73 bits per heavy atom. The normalized spacial score (nSPS) is 10.4. The van der Waals surface area contributed by atoms with Gasteiger partial charge in [-0.05, 0) is 30.7 Å². The molecule has 6 heteroatoms. The number of anilines is 1. The fourth-order valence-electron chi connectivity index (χ4n) is 2.56. The molecular formula is C20H20N4O2. The summed E-state index contributed by atoms with van der Waals surface area (Å²) in [6, 6.07) is 16.5. The summed E-state index contributed by atoms with van der Waals surface area (Å²) in [6.07, 6.45) is 1.55. The van der Waals surface area contributed by atoms with Gasteiger partial charge in [0.25, 0.3) is 11.8 Å². The van der Waals surface area contributed by atoms with Crippen LogP contribution >= 0.6 is 0 Å². The second-order valence-electron chi connectivity index (χ2n) is 6.01. The van der Waals surface area contributed by atoms with Crippen LogP contribution in [0.15, 0.2) is 60.8 Å². The number of aromatic nitrogens is 2. The molecule has 0 fully saturated rings. The van der Waals surface area contributed by atoms with Crippen molar-refractivity contribution in [2.75, 3.05) is 5.32 Å². The third-order valence-electron chi connectivity index (χ3n) is 4.05. The Kier molecular flexibility index (Phi) is 5.12. The van der Waals surface area contributed by atoms with Crippen molar-refractivity contribution in [3.05, 3.63) is 83.2 Å². The third kappa shape index (κ3) is 3.97. The van der Waals surface area contributed by atoms with E-state index in [1.54, 1.807) is 43.6 Å². The number of hydrogen-bond donors (Lipinski definition) is 2. The van der Waals surface area contributed by atoms with Crippen molar-refractivity contribution < 1.29 is 9.59 Å². The van der Waals surface area contributed by atoms with Crippen LogP contribution in [0.1, 0.15) is 32.0 Å². The first-order valence-corrected chi connectivity index (χ1v) is 8.27. The van der Waals surface area contributed by atoms with Crippen LogP contribution < -0.4 is 10.6 Å². The summed E-state index contributed by atoms with van der Waals surface area (Å²) in [7, 11) is 1.69. The van der Waals surface area contributed by atoms with E-state index in [1.807, 2.05) is 31.2 Å². The third-order valence-corrected chi connectivity index (χ3v) is 4.05. The maximum absolute atomic E-state index is 12.6. The first kappa shape index (κ1) is 17.4. The average molecular weight is 348 g/mol. The summed E-state index contributed by atoms with van der Waals surface area (Å²) < 4.78 is 1.48. The smallest absolute Gasteiger partial charge is 0.273 e. The van der Waals surface area contributed by atoms with E-state index in [1.165, 1.54) is 10.2 Å². The number of carbonyl (C=O) groups is 2. The molecule has 2 aromatic carbocycles. The molecule has 0 saturated carbocycles. The lowest BCUT2D eigenvalue weighted by Crippen LogP contribution is -2.25. The Hall–Kier alpha value is -3.41. The summed E-state index contributed by atoms with van der Waals surface area (Å²) in [4.78, 5) is 24.9. The van der Waals surface area contributed by atoms with Gasteiger partial charge in [0, 0.05) is 19.8 Å². The van der Waals surface area contributed by atoms with Crippen LogP contribution in [0, 0.1) is 6.92 Å².